The average Bonchev–Trinajstić information content (AvgIpc) is 2.95. The highest BCUT2D eigenvalue weighted by Crippen LogP contribution is 2.28. The predicted octanol–water partition coefficient (Wildman–Crippen LogP) is 5.09. The summed E-state index contributed by atoms with van der Waals surface area (Å²) in [4.78, 5) is 28.8. The van der Waals surface area contributed by atoms with E-state index in [9.17, 15) is 18.0 Å². The number of sulfonamides is 1. The summed E-state index contributed by atoms with van der Waals surface area (Å²) >= 11 is 0. The SMILES string of the molecule is CCCNC(=O)[C@H](CC)N(Cc1ccccc1)C(=O)CN(c1ccccc1CC)S(=O)(=O)c1ccc(C)cc1. The number of hydrogen-bond donors (Lipinski definition) is 1. The molecule has 0 aliphatic rings. The molecule has 0 aliphatic carbocycles. The van der Waals surface area contributed by atoms with Gasteiger partial charge < -0.3 is 10.2 Å². The lowest BCUT2D eigenvalue weighted by molar-refractivity contribution is -0.140. The van der Waals surface area contributed by atoms with Crippen LogP contribution in [0.25, 0.3) is 0 Å². The Morgan fingerprint density at radius 3 is 2.13 bits per heavy atom. The Kier molecular flexibility index (Phi) is 10.7. The Hall–Kier alpha value is -3.65. The van der Waals surface area contributed by atoms with Crippen LogP contribution in [-0.4, -0.2) is 44.3 Å². The van der Waals surface area contributed by atoms with Crippen molar-refractivity contribution in [1.29, 1.82) is 0 Å². The fraction of sp³-hybridized carbons (Fsp3) is 0.355. The van der Waals surface area contributed by atoms with E-state index in [4.69, 9.17) is 0 Å². The first-order valence-corrected chi connectivity index (χ1v) is 14.9. The van der Waals surface area contributed by atoms with E-state index in [0.29, 0.717) is 25.1 Å². The molecule has 0 saturated heterocycles. The van der Waals surface area contributed by atoms with Crippen LogP contribution in [0.3, 0.4) is 0 Å². The van der Waals surface area contributed by atoms with Gasteiger partial charge in [-0.1, -0.05) is 87.0 Å². The summed E-state index contributed by atoms with van der Waals surface area (Å²) in [7, 11) is -4.09. The number of nitrogens with one attached hydrogen (secondary N) is 1. The highest BCUT2D eigenvalue weighted by atomic mass is 32.2. The van der Waals surface area contributed by atoms with Crippen LogP contribution >= 0.6 is 0 Å². The second-order valence-corrected chi connectivity index (χ2v) is 11.4. The minimum absolute atomic E-state index is 0.106. The third kappa shape index (κ3) is 7.47. The van der Waals surface area contributed by atoms with Crippen LogP contribution in [-0.2, 0) is 32.6 Å². The molecular formula is C31H39N3O4S. The molecule has 0 saturated carbocycles. The van der Waals surface area contributed by atoms with Gasteiger partial charge in [0.05, 0.1) is 10.6 Å². The fourth-order valence-electron chi connectivity index (χ4n) is 4.47. The van der Waals surface area contributed by atoms with Gasteiger partial charge in [-0.25, -0.2) is 8.42 Å². The van der Waals surface area contributed by atoms with Gasteiger partial charge in [-0.2, -0.15) is 0 Å². The number of hydrogen-bond acceptors (Lipinski definition) is 4. The van der Waals surface area contributed by atoms with Crippen LogP contribution in [0.2, 0.25) is 0 Å². The zero-order valence-corrected chi connectivity index (χ0v) is 24.1. The first-order chi connectivity index (χ1) is 18.7. The molecule has 0 heterocycles. The van der Waals surface area contributed by atoms with Crippen LogP contribution in [0.15, 0.2) is 83.8 Å². The number of amides is 2. The van der Waals surface area contributed by atoms with Crippen molar-refractivity contribution in [3.05, 3.63) is 95.6 Å². The van der Waals surface area contributed by atoms with Crippen LogP contribution in [0.5, 0.6) is 0 Å². The van der Waals surface area contributed by atoms with Gasteiger partial charge in [0, 0.05) is 13.1 Å². The maximum absolute atomic E-state index is 14.1. The molecule has 0 radical (unpaired) electrons. The highest BCUT2D eigenvalue weighted by Gasteiger charge is 2.34. The quantitative estimate of drug-likeness (QED) is 0.322. The predicted molar refractivity (Wildman–Crippen MR) is 156 cm³/mol. The molecule has 208 valence electrons. The van der Waals surface area contributed by atoms with E-state index in [1.54, 1.807) is 36.4 Å². The van der Waals surface area contributed by atoms with E-state index in [1.807, 2.05) is 70.2 Å². The molecule has 7 nitrogen and oxygen atoms in total. The van der Waals surface area contributed by atoms with Crippen LogP contribution < -0.4 is 9.62 Å². The molecule has 39 heavy (non-hydrogen) atoms. The summed E-state index contributed by atoms with van der Waals surface area (Å²) in [5, 5.41) is 2.90. The summed E-state index contributed by atoms with van der Waals surface area (Å²) in [6.07, 6.45) is 1.75. The Morgan fingerprint density at radius 2 is 1.51 bits per heavy atom. The molecule has 0 spiro atoms. The molecular weight excluding hydrogens is 510 g/mol. The lowest BCUT2D eigenvalue weighted by Gasteiger charge is -2.33. The number of nitrogens with zero attached hydrogens (tertiary/aromatic N) is 2. The molecule has 1 atom stereocenters. The summed E-state index contributed by atoms with van der Waals surface area (Å²) in [5.74, 6) is -0.690. The number of anilines is 1. The normalized spacial score (nSPS) is 12.0. The topological polar surface area (TPSA) is 86.8 Å². The van der Waals surface area contributed by atoms with E-state index in [0.717, 1.165) is 23.1 Å². The van der Waals surface area contributed by atoms with Crippen LogP contribution in [0.1, 0.15) is 50.3 Å². The van der Waals surface area contributed by atoms with Crippen molar-refractivity contribution in [1.82, 2.24) is 10.2 Å². The largest absolute Gasteiger partial charge is 0.354 e. The fourth-order valence-corrected chi connectivity index (χ4v) is 5.92. The number of para-hydroxylation sites is 1. The van der Waals surface area contributed by atoms with Crippen LogP contribution in [0.4, 0.5) is 5.69 Å². The molecule has 0 aliphatic heterocycles. The first kappa shape index (κ1) is 29.9. The van der Waals surface area contributed by atoms with E-state index in [2.05, 4.69) is 5.32 Å². The molecule has 3 aromatic rings. The maximum atomic E-state index is 14.1. The summed E-state index contributed by atoms with van der Waals surface area (Å²) < 4.78 is 29.2. The van der Waals surface area contributed by atoms with Crippen molar-refractivity contribution in [2.75, 3.05) is 17.4 Å². The number of carbonyl (C=O) groups excluding carboxylic acids is 2. The van der Waals surface area contributed by atoms with Gasteiger partial charge in [0.1, 0.15) is 12.6 Å². The van der Waals surface area contributed by atoms with Gasteiger partial charge in [0.25, 0.3) is 10.0 Å². The van der Waals surface area contributed by atoms with E-state index in [1.165, 1.54) is 9.21 Å². The number of carbonyl (C=O) groups is 2. The standard InChI is InChI=1S/C31H39N3O4S/c1-5-21-32-31(36)28(7-3)33(22-25-13-9-8-10-14-25)30(35)23-34(29-16-12-11-15-26(29)6-2)39(37,38)27-19-17-24(4)18-20-27/h8-20,28H,5-7,21-23H2,1-4H3,(H,32,36)/t28-/m0/s1. The minimum Gasteiger partial charge on any atom is -0.354 e. The Labute approximate surface area is 232 Å². The lowest BCUT2D eigenvalue weighted by Crippen LogP contribution is -2.52. The number of rotatable bonds is 13. The van der Waals surface area contributed by atoms with Gasteiger partial charge in [-0.15, -0.1) is 0 Å². The molecule has 0 aromatic heterocycles. The third-order valence-electron chi connectivity index (χ3n) is 6.66. The van der Waals surface area contributed by atoms with Crippen LogP contribution in [0, 0.1) is 6.92 Å². The summed E-state index contributed by atoms with van der Waals surface area (Å²) in [6.45, 7) is 7.91. The second-order valence-electron chi connectivity index (χ2n) is 9.53. The van der Waals surface area contributed by atoms with Gasteiger partial charge in [0.15, 0.2) is 0 Å². The molecule has 8 heteroatoms. The summed E-state index contributed by atoms with van der Waals surface area (Å²) in [5.41, 5.74) is 3.05. The zero-order chi connectivity index (χ0) is 28.4. The van der Waals surface area contributed by atoms with Crippen molar-refractivity contribution >= 4 is 27.5 Å². The van der Waals surface area contributed by atoms with Crippen molar-refractivity contribution in [2.45, 2.75) is 64.4 Å². The first-order valence-electron chi connectivity index (χ1n) is 13.5. The summed E-state index contributed by atoms with van der Waals surface area (Å²) in [6, 6.07) is 22.5. The van der Waals surface area contributed by atoms with E-state index >= 15 is 0 Å². The lowest BCUT2D eigenvalue weighted by atomic mass is 10.1. The Morgan fingerprint density at radius 1 is 0.872 bits per heavy atom. The minimum atomic E-state index is -4.09. The van der Waals surface area contributed by atoms with Crippen molar-refractivity contribution < 1.29 is 18.0 Å². The van der Waals surface area contributed by atoms with E-state index < -0.39 is 28.5 Å². The van der Waals surface area contributed by atoms with Gasteiger partial charge in [-0.3, -0.25) is 13.9 Å². The second kappa shape index (κ2) is 13.9. The molecule has 1 N–H and O–H groups in total. The molecule has 0 unspecified atom stereocenters. The number of aryl methyl sites for hydroxylation is 2. The Bertz CT molecular complexity index is 1340. The zero-order valence-electron chi connectivity index (χ0n) is 23.3. The maximum Gasteiger partial charge on any atom is 0.264 e. The molecule has 0 bridgehead atoms. The van der Waals surface area contributed by atoms with Gasteiger partial charge in [-0.05, 0) is 55.5 Å². The molecule has 0 fully saturated rings. The molecule has 3 rings (SSSR count). The van der Waals surface area contributed by atoms with Crippen molar-refractivity contribution in [3.8, 4) is 0 Å². The third-order valence-corrected chi connectivity index (χ3v) is 8.43. The monoisotopic (exact) mass is 549 g/mol. The Balaban J connectivity index is 2.07. The van der Waals surface area contributed by atoms with Gasteiger partial charge in [0.2, 0.25) is 11.8 Å². The van der Waals surface area contributed by atoms with Crippen molar-refractivity contribution in [2.24, 2.45) is 0 Å². The smallest absolute Gasteiger partial charge is 0.264 e. The van der Waals surface area contributed by atoms with E-state index in [-0.39, 0.29) is 17.3 Å². The number of benzene rings is 3. The average molecular weight is 550 g/mol. The highest BCUT2D eigenvalue weighted by molar-refractivity contribution is 7.92. The van der Waals surface area contributed by atoms with Gasteiger partial charge >= 0.3 is 0 Å². The molecule has 3 aromatic carbocycles. The molecule has 2 amide bonds. The van der Waals surface area contributed by atoms with Crippen molar-refractivity contribution in [3.63, 3.8) is 0 Å².